The van der Waals surface area contributed by atoms with Crippen LogP contribution in [0.5, 0.6) is 0 Å². The summed E-state index contributed by atoms with van der Waals surface area (Å²) in [6, 6.07) is 4.95. The first kappa shape index (κ1) is 16.0. The number of primary amides is 1. The number of hydrogen-bond acceptors (Lipinski definition) is 3. The SMILES string of the molecule is CC(C)(O)C(C)(C)NCc1ccc(C(N)=O)cc1Cl. The highest BCUT2D eigenvalue weighted by molar-refractivity contribution is 6.31. The Bertz CT molecular complexity index is 479. The summed E-state index contributed by atoms with van der Waals surface area (Å²) in [6.07, 6.45) is 0. The van der Waals surface area contributed by atoms with Crippen LogP contribution in [0, 0.1) is 0 Å². The number of aliphatic hydroxyl groups is 1. The van der Waals surface area contributed by atoms with Gasteiger partial charge < -0.3 is 16.2 Å². The van der Waals surface area contributed by atoms with Crippen molar-refractivity contribution in [2.75, 3.05) is 0 Å². The normalized spacial score (nSPS) is 12.5. The Labute approximate surface area is 118 Å². The Morgan fingerprint density at radius 2 is 1.95 bits per heavy atom. The van der Waals surface area contributed by atoms with E-state index in [9.17, 15) is 9.90 Å². The maximum Gasteiger partial charge on any atom is 0.248 e. The number of carbonyl (C=O) groups excluding carboxylic acids is 1. The lowest BCUT2D eigenvalue weighted by Crippen LogP contribution is -2.55. The van der Waals surface area contributed by atoms with Gasteiger partial charge in [-0.2, -0.15) is 0 Å². The fourth-order valence-corrected chi connectivity index (χ4v) is 1.62. The molecule has 106 valence electrons. The molecule has 4 nitrogen and oxygen atoms in total. The molecule has 0 fully saturated rings. The van der Waals surface area contributed by atoms with Crippen LogP contribution in [-0.4, -0.2) is 22.2 Å². The van der Waals surface area contributed by atoms with Gasteiger partial charge in [0.2, 0.25) is 5.91 Å². The highest BCUT2D eigenvalue weighted by atomic mass is 35.5. The minimum absolute atomic E-state index is 0.385. The van der Waals surface area contributed by atoms with Crippen LogP contribution in [0.1, 0.15) is 43.6 Å². The van der Waals surface area contributed by atoms with Crippen molar-refractivity contribution < 1.29 is 9.90 Å². The van der Waals surface area contributed by atoms with Crippen LogP contribution in [-0.2, 0) is 6.54 Å². The number of rotatable bonds is 5. The van der Waals surface area contributed by atoms with Gasteiger partial charge >= 0.3 is 0 Å². The number of nitrogens with one attached hydrogen (secondary N) is 1. The van der Waals surface area contributed by atoms with Crippen LogP contribution in [0.4, 0.5) is 0 Å². The highest BCUT2D eigenvalue weighted by Crippen LogP contribution is 2.23. The van der Waals surface area contributed by atoms with Crippen molar-refractivity contribution in [3.8, 4) is 0 Å². The first-order chi connectivity index (χ1) is 8.54. The molecular formula is C14H21ClN2O2. The summed E-state index contributed by atoms with van der Waals surface area (Å²) in [4.78, 5) is 11.0. The Morgan fingerprint density at radius 1 is 1.37 bits per heavy atom. The van der Waals surface area contributed by atoms with E-state index in [1.165, 1.54) is 0 Å². The summed E-state index contributed by atoms with van der Waals surface area (Å²) < 4.78 is 0. The third-order valence-corrected chi connectivity index (χ3v) is 3.94. The number of amides is 1. The zero-order valence-electron chi connectivity index (χ0n) is 11.7. The predicted octanol–water partition coefficient (Wildman–Crippen LogP) is 2.08. The van der Waals surface area contributed by atoms with Gasteiger partial charge in [-0.05, 0) is 45.4 Å². The van der Waals surface area contributed by atoms with E-state index in [4.69, 9.17) is 17.3 Å². The monoisotopic (exact) mass is 284 g/mol. The minimum Gasteiger partial charge on any atom is -0.389 e. The fourth-order valence-electron chi connectivity index (χ4n) is 1.38. The van der Waals surface area contributed by atoms with Gasteiger partial charge in [0.1, 0.15) is 0 Å². The molecule has 0 bridgehead atoms. The molecule has 1 amide bonds. The number of carbonyl (C=O) groups is 1. The van der Waals surface area contributed by atoms with E-state index in [0.29, 0.717) is 17.1 Å². The van der Waals surface area contributed by atoms with Crippen LogP contribution in [0.15, 0.2) is 18.2 Å². The van der Waals surface area contributed by atoms with Crippen molar-refractivity contribution in [2.24, 2.45) is 5.73 Å². The Hall–Kier alpha value is -1.10. The van der Waals surface area contributed by atoms with Crippen LogP contribution in [0.2, 0.25) is 5.02 Å². The largest absolute Gasteiger partial charge is 0.389 e. The second kappa shape index (κ2) is 5.49. The molecule has 5 heteroatoms. The van der Waals surface area contributed by atoms with E-state index in [0.717, 1.165) is 5.56 Å². The van der Waals surface area contributed by atoms with Gasteiger partial charge in [-0.3, -0.25) is 4.79 Å². The third-order valence-electron chi connectivity index (χ3n) is 3.59. The molecular weight excluding hydrogens is 264 g/mol. The lowest BCUT2D eigenvalue weighted by molar-refractivity contribution is -0.00531. The maximum absolute atomic E-state index is 11.0. The first-order valence-corrected chi connectivity index (χ1v) is 6.48. The highest BCUT2D eigenvalue weighted by Gasteiger charge is 2.34. The summed E-state index contributed by atoms with van der Waals surface area (Å²) >= 11 is 6.11. The fraction of sp³-hybridized carbons (Fsp3) is 0.500. The predicted molar refractivity (Wildman–Crippen MR) is 77.2 cm³/mol. The van der Waals surface area contributed by atoms with Gasteiger partial charge in [-0.15, -0.1) is 0 Å². The van der Waals surface area contributed by atoms with Gasteiger partial charge in [0.25, 0.3) is 0 Å². The molecule has 0 atom stereocenters. The average molecular weight is 285 g/mol. The standard InChI is InChI=1S/C14H21ClN2O2/c1-13(2,14(3,4)19)17-8-10-6-5-9(12(16)18)7-11(10)15/h5-7,17,19H,8H2,1-4H3,(H2,16,18). The maximum atomic E-state index is 11.0. The molecule has 4 N–H and O–H groups in total. The minimum atomic E-state index is -0.868. The van der Waals surface area contributed by atoms with E-state index in [-0.39, 0.29) is 0 Å². The number of hydrogen-bond donors (Lipinski definition) is 3. The summed E-state index contributed by atoms with van der Waals surface area (Å²) in [5, 5.41) is 13.8. The lowest BCUT2D eigenvalue weighted by Gasteiger charge is -2.38. The molecule has 1 aromatic carbocycles. The molecule has 1 aromatic rings. The number of benzene rings is 1. The molecule has 0 saturated heterocycles. The molecule has 0 aliphatic heterocycles. The smallest absolute Gasteiger partial charge is 0.248 e. The molecule has 0 aromatic heterocycles. The van der Waals surface area contributed by atoms with E-state index < -0.39 is 17.0 Å². The molecule has 0 aliphatic carbocycles. The lowest BCUT2D eigenvalue weighted by atomic mass is 9.86. The number of nitrogens with two attached hydrogens (primary N) is 1. The van der Waals surface area contributed by atoms with Crippen molar-refractivity contribution in [3.05, 3.63) is 34.3 Å². The zero-order chi connectivity index (χ0) is 14.8. The van der Waals surface area contributed by atoms with Crippen LogP contribution in [0.3, 0.4) is 0 Å². The van der Waals surface area contributed by atoms with Crippen LogP contribution >= 0.6 is 11.6 Å². The van der Waals surface area contributed by atoms with Crippen LogP contribution < -0.4 is 11.1 Å². The average Bonchev–Trinajstić information content (AvgIpc) is 2.25. The molecule has 0 spiro atoms. The quantitative estimate of drug-likeness (QED) is 0.775. The van der Waals surface area contributed by atoms with Crippen molar-refractivity contribution in [1.82, 2.24) is 5.32 Å². The molecule has 1 rings (SSSR count). The molecule has 19 heavy (non-hydrogen) atoms. The van der Waals surface area contributed by atoms with Gasteiger partial charge in [-0.25, -0.2) is 0 Å². The molecule has 0 unspecified atom stereocenters. The summed E-state index contributed by atoms with van der Waals surface area (Å²) in [5.74, 6) is -0.502. The third kappa shape index (κ3) is 3.93. The summed E-state index contributed by atoms with van der Waals surface area (Å²) in [5.41, 5.74) is 5.08. The van der Waals surface area contributed by atoms with Crippen molar-refractivity contribution in [1.29, 1.82) is 0 Å². The second-order valence-electron chi connectivity index (χ2n) is 5.71. The van der Waals surface area contributed by atoms with Gasteiger partial charge in [0.15, 0.2) is 0 Å². The summed E-state index contributed by atoms with van der Waals surface area (Å²) in [6.45, 7) is 7.82. The molecule has 0 radical (unpaired) electrons. The van der Waals surface area contributed by atoms with E-state index in [1.807, 2.05) is 13.8 Å². The van der Waals surface area contributed by atoms with Crippen molar-refractivity contribution >= 4 is 17.5 Å². The molecule has 0 aliphatic rings. The van der Waals surface area contributed by atoms with E-state index in [1.54, 1.807) is 32.0 Å². The Balaban J connectivity index is 2.82. The number of halogens is 1. The summed E-state index contributed by atoms with van der Waals surface area (Å²) in [7, 11) is 0. The Kier molecular flexibility index (Phi) is 4.61. The zero-order valence-corrected chi connectivity index (χ0v) is 12.5. The van der Waals surface area contributed by atoms with Gasteiger partial charge in [0.05, 0.1) is 5.60 Å². The van der Waals surface area contributed by atoms with Crippen molar-refractivity contribution in [2.45, 2.75) is 45.4 Å². The van der Waals surface area contributed by atoms with Gasteiger partial charge in [-0.1, -0.05) is 17.7 Å². The van der Waals surface area contributed by atoms with Gasteiger partial charge in [0, 0.05) is 22.7 Å². The first-order valence-electron chi connectivity index (χ1n) is 6.10. The Morgan fingerprint density at radius 3 is 2.37 bits per heavy atom. The topological polar surface area (TPSA) is 75.3 Å². The van der Waals surface area contributed by atoms with Crippen molar-refractivity contribution in [3.63, 3.8) is 0 Å². The molecule has 0 saturated carbocycles. The van der Waals surface area contributed by atoms with E-state index >= 15 is 0 Å². The molecule has 0 heterocycles. The van der Waals surface area contributed by atoms with Crippen LogP contribution in [0.25, 0.3) is 0 Å². The van der Waals surface area contributed by atoms with E-state index in [2.05, 4.69) is 5.32 Å². The second-order valence-corrected chi connectivity index (χ2v) is 6.12.